The highest BCUT2D eigenvalue weighted by molar-refractivity contribution is 6.04. The number of hydrogen-bond donors (Lipinski definition) is 1. The molecule has 0 saturated carbocycles. The van der Waals surface area contributed by atoms with Crippen LogP contribution in [0.5, 0.6) is 0 Å². The highest BCUT2D eigenvalue weighted by atomic mass is 19.1. The zero-order chi connectivity index (χ0) is 12.1. The van der Waals surface area contributed by atoms with Crippen LogP contribution in [-0.2, 0) is 4.79 Å². The Hall–Kier alpha value is -2.16. The Morgan fingerprint density at radius 1 is 1.31 bits per heavy atom. The van der Waals surface area contributed by atoms with Crippen LogP contribution in [0.2, 0.25) is 0 Å². The van der Waals surface area contributed by atoms with Crippen LogP contribution in [0.3, 0.4) is 0 Å². The maximum Gasteiger partial charge on any atom is 0.336 e. The number of hydrogen-bond acceptors (Lipinski definition) is 1. The van der Waals surface area contributed by atoms with E-state index in [1.165, 1.54) is 36.4 Å². The van der Waals surface area contributed by atoms with E-state index in [1.54, 1.807) is 0 Å². The average Bonchev–Trinajstić information content (AvgIpc) is 2.25. The van der Waals surface area contributed by atoms with Gasteiger partial charge in [-0.1, -0.05) is 31.4 Å². The first-order valence-corrected chi connectivity index (χ1v) is 4.57. The zero-order valence-corrected chi connectivity index (χ0v) is 8.61. The summed E-state index contributed by atoms with van der Waals surface area (Å²) in [5.74, 6) is -1.46. The van der Waals surface area contributed by atoms with Gasteiger partial charge in [-0.15, -0.1) is 0 Å². The Morgan fingerprint density at radius 2 is 1.88 bits per heavy atom. The van der Waals surface area contributed by atoms with Crippen molar-refractivity contribution in [2.24, 2.45) is 0 Å². The standard InChI is InChI=1S/C13H11FO2/c1-3-4-12(13(15)16)9(2)10-5-7-11(14)8-6-10/h3-8H,1-2H2,(H,15,16)/b12-4+. The Labute approximate surface area is 93.0 Å². The molecule has 0 aliphatic carbocycles. The third kappa shape index (κ3) is 2.67. The lowest BCUT2D eigenvalue weighted by Gasteiger charge is -2.06. The van der Waals surface area contributed by atoms with Gasteiger partial charge in [-0.3, -0.25) is 0 Å². The summed E-state index contributed by atoms with van der Waals surface area (Å²) < 4.78 is 12.7. The van der Waals surface area contributed by atoms with Crippen molar-refractivity contribution in [1.82, 2.24) is 0 Å². The molecule has 0 aliphatic rings. The fraction of sp³-hybridized carbons (Fsp3) is 0. The number of carboxylic acids is 1. The van der Waals surface area contributed by atoms with Crippen molar-refractivity contribution in [2.75, 3.05) is 0 Å². The van der Waals surface area contributed by atoms with E-state index < -0.39 is 5.97 Å². The molecule has 0 heterocycles. The summed E-state index contributed by atoms with van der Waals surface area (Å²) in [4.78, 5) is 10.9. The summed E-state index contributed by atoms with van der Waals surface area (Å²) >= 11 is 0. The second kappa shape index (κ2) is 5.07. The van der Waals surface area contributed by atoms with E-state index in [9.17, 15) is 9.18 Å². The predicted molar refractivity (Wildman–Crippen MR) is 61.3 cm³/mol. The smallest absolute Gasteiger partial charge is 0.336 e. The minimum absolute atomic E-state index is 0.0432. The average molecular weight is 218 g/mol. The molecule has 0 saturated heterocycles. The predicted octanol–water partition coefficient (Wildman–Crippen LogP) is 3.04. The summed E-state index contributed by atoms with van der Waals surface area (Å²) in [5.41, 5.74) is 0.936. The van der Waals surface area contributed by atoms with Crippen LogP contribution >= 0.6 is 0 Å². The molecule has 0 spiro atoms. The van der Waals surface area contributed by atoms with Crippen molar-refractivity contribution in [3.8, 4) is 0 Å². The molecule has 1 aromatic rings. The zero-order valence-electron chi connectivity index (χ0n) is 8.61. The molecule has 3 heteroatoms. The SMILES string of the molecule is C=C/C=C(\C(=C)c1ccc(F)cc1)C(=O)O. The van der Waals surface area contributed by atoms with E-state index in [0.717, 1.165) is 0 Å². The van der Waals surface area contributed by atoms with Crippen LogP contribution in [0.15, 0.2) is 55.1 Å². The molecular weight excluding hydrogens is 207 g/mol. The van der Waals surface area contributed by atoms with Crippen LogP contribution in [0.1, 0.15) is 5.56 Å². The highest BCUT2D eigenvalue weighted by Gasteiger charge is 2.12. The minimum Gasteiger partial charge on any atom is -0.478 e. The van der Waals surface area contributed by atoms with Gasteiger partial charge in [0.05, 0.1) is 5.57 Å². The number of carboxylic acid groups (broad SMARTS) is 1. The van der Waals surface area contributed by atoms with Gasteiger partial charge in [0.2, 0.25) is 0 Å². The molecule has 1 aromatic carbocycles. The van der Waals surface area contributed by atoms with Gasteiger partial charge in [-0.2, -0.15) is 0 Å². The molecule has 2 nitrogen and oxygen atoms in total. The number of halogens is 1. The topological polar surface area (TPSA) is 37.3 Å². The van der Waals surface area contributed by atoms with Gasteiger partial charge < -0.3 is 5.11 Å². The molecule has 82 valence electrons. The third-order valence-electron chi connectivity index (χ3n) is 2.03. The Morgan fingerprint density at radius 3 is 2.31 bits per heavy atom. The van der Waals surface area contributed by atoms with Crippen LogP contribution in [0, 0.1) is 5.82 Å². The molecular formula is C13H11FO2. The van der Waals surface area contributed by atoms with E-state index in [1.807, 2.05) is 0 Å². The van der Waals surface area contributed by atoms with Crippen LogP contribution in [0.4, 0.5) is 4.39 Å². The molecule has 1 rings (SSSR count). The number of carbonyl (C=O) groups is 1. The molecule has 0 atom stereocenters. The van der Waals surface area contributed by atoms with Gasteiger partial charge in [0.15, 0.2) is 0 Å². The van der Waals surface area contributed by atoms with Crippen molar-refractivity contribution in [3.63, 3.8) is 0 Å². The molecule has 16 heavy (non-hydrogen) atoms. The van der Waals surface area contributed by atoms with E-state index >= 15 is 0 Å². The Balaban J connectivity index is 3.09. The van der Waals surface area contributed by atoms with Gasteiger partial charge in [0, 0.05) is 0 Å². The summed E-state index contributed by atoms with van der Waals surface area (Å²) in [6.45, 7) is 7.11. The second-order valence-electron chi connectivity index (χ2n) is 3.11. The largest absolute Gasteiger partial charge is 0.478 e. The van der Waals surface area contributed by atoms with E-state index in [2.05, 4.69) is 13.2 Å². The first-order valence-electron chi connectivity index (χ1n) is 4.57. The van der Waals surface area contributed by atoms with Crippen molar-refractivity contribution in [2.45, 2.75) is 0 Å². The van der Waals surface area contributed by atoms with Crippen LogP contribution < -0.4 is 0 Å². The molecule has 0 amide bonds. The monoisotopic (exact) mass is 218 g/mol. The highest BCUT2D eigenvalue weighted by Crippen LogP contribution is 2.21. The van der Waals surface area contributed by atoms with Gasteiger partial charge >= 0.3 is 5.97 Å². The van der Waals surface area contributed by atoms with Crippen LogP contribution in [-0.4, -0.2) is 11.1 Å². The summed E-state index contributed by atoms with van der Waals surface area (Å²) in [5, 5.41) is 8.94. The van der Waals surface area contributed by atoms with E-state index in [-0.39, 0.29) is 11.4 Å². The molecule has 0 bridgehead atoms. The molecule has 0 unspecified atom stereocenters. The number of allylic oxidation sites excluding steroid dienone is 2. The lowest BCUT2D eigenvalue weighted by atomic mass is 9.99. The maximum atomic E-state index is 12.7. The number of rotatable bonds is 4. The van der Waals surface area contributed by atoms with Gasteiger partial charge in [0.1, 0.15) is 5.82 Å². The fourth-order valence-corrected chi connectivity index (χ4v) is 1.23. The van der Waals surface area contributed by atoms with Gasteiger partial charge in [0.25, 0.3) is 0 Å². The van der Waals surface area contributed by atoms with Gasteiger partial charge in [-0.05, 0) is 29.3 Å². The summed E-state index contributed by atoms with van der Waals surface area (Å²) in [6, 6.07) is 5.48. The van der Waals surface area contributed by atoms with E-state index in [4.69, 9.17) is 5.11 Å². The Kier molecular flexibility index (Phi) is 3.78. The minimum atomic E-state index is -1.09. The summed E-state index contributed by atoms with van der Waals surface area (Å²) in [6.07, 6.45) is 2.73. The second-order valence-corrected chi connectivity index (χ2v) is 3.11. The Bertz CT molecular complexity index is 455. The quantitative estimate of drug-likeness (QED) is 0.623. The first kappa shape index (κ1) is 11.9. The van der Waals surface area contributed by atoms with Crippen molar-refractivity contribution in [1.29, 1.82) is 0 Å². The van der Waals surface area contributed by atoms with Crippen LogP contribution in [0.25, 0.3) is 5.57 Å². The third-order valence-corrected chi connectivity index (χ3v) is 2.03. The lowest BCUT2D eigenvalue weighted by Crippen LogP contribution is -2.02. The number of aliphatic carboxylic acids is 1. The lowest BCUT2D eigenvalue weighted by molar-refractivity contribution is -0.132. The first-order chi connectivity index (χ1) is 7.56. The van der Waals surface area contributed by atoms with Crippen molar-refractivity contribution < 1.29 is 14.3 Å². The molecule has 0 aliphatic heterocycles. The molecule has 0 fully saturated rings. The fourth-order valence-electron chi connectivity index (χ4n) is 1.23. The normalized spacial score (nSPS) is 10.9. The number of benzene rings is 1. The molecule has 1 N–H and O–H groups in total. The summed E-state index contributed by atoms with van der Waals surface area (Å²) in [7, 11) is 0. The maximum absolute atomic E-state index is 12.7. The van der Waals surface area contributed by atoms with E-state index in [0.29, 0.717) is 11.1 Å². The van der Waals surface area contributed by atoms with Crippen molar-refractivity contribution in [3.05, 3.63) is 66.5 Å². The molecule has 0 aromatic heterocycles. The van der Waals surface area contributed by atoms with Gasteiger partial charge in [-0.25, -0.2) is 9.18 Å². The van der Waals surface area contributed by atoms with Crippen molar-refractivity contribution >= 4 is 11.5 Å². The molecule has 0 radical (unpaired) electrons.